The molecule has 0 radical (unpaired) electrons. The molecule has 1 atom stereocenters. The number of imide groups is 1. The third kappa shape index (κ3) is 2.80. The van der Waals surface area contributed by atoms with Gasteiger partial charge in [-0.05, 0) is 53.5 Å². The largest absolute Gasteiger partial charge is 0.444 e. The van der Waals surface area contributed by atoms with Crippen LogP contribution in [-0.2, 0) is 10.3 Å². The maximum absolute atomic E-state index is 12.3. The number of nitrogens with one attached hydrogen (secondary N) is 3. The number of carbonyl (C=O) groups excluding carboxylic acids is 3. The van der Waals surface area contributed by atoms with Crippen LogP contribution in [0, 0.1) is 6.92 Å². The van der Waals surface area contributed by atoms with Crippen molar-refractivity contribution in [2.24, 2.45) is 0 Å². The average Bonchev–Trinajstić information content (AvgIpc) is 2.98. The molecule has 1 saturated heterocycles. The molecule has 0 aliphatic carbocycles. The number of furan rings is 1. The van der Waals surface area contributed by atoms with E-state index < -0.39 is 23.4 Å². The van der Waals surface area contributed by atoms with Crippen LogP contribution in [0.5, 0.6) is 0 Å². The van der Waals surface area contributed by atoms with Crippen molar-refractivity contribution in [3.05, 3.63) is 51.9 Å². The lowest BCUT2D eigenvalue weighted by Crippen LogP contribution is -2.40. The quantitative estimate of drug-likeness (QED) is 0.700. The first-order valence-electron chi connectivity index (χ1n) is 7.11. The fourth-order valence-corrected chi connectivity index (χ4v) is 3.02. The number of halogens is 1. The lowest BCUT2D eigenvalue weighted by Gasteiger charge is -2.21. The second-order valence-corrected chi connectivity index (χ2v) is 6.41. The highest BCUT2D eigenvalue weighted by molar-refractivity contribution is 9.10. The molecule has 4 amide bonds. The fraction of sp³-hybridized carbons (Fsp3) is 0.188. The van der Waals surface area contributed by atoms with Crippen molar-refractivity contribution in [2.45, 2.75) is 19.4 Å². The molecule has 1 aromatic carbocycles. The number of hydrogen-bond donors (Lipinski definition) is 3. The highest BCUT2D eigenvalue weighted by Gasteiger charge is 2.43. The standard InChI is InChI=1S/C16H14BrN3O4/c1-8-6-11(17)24-12(8)13(21)18-10-5-3-4-9(7-10)16(2)14(22)19-15(23)20-16/h3-7H,1-2H3,(H,18,21)(H2,19,20,22,23). The molecule has 124 valence electrons. The lowest BCUT2D eigenvalue weighted by atomic mass is 9.92. The van der Waals surface area contributed by atoms with Crippen LogP contribution >= 0.6 is 15.9 Å². The summed E-state index contributed by atoms with van der Waals surface area (Å²) in [5, 5.41) is 7.51. The molecule has 3 N–H and O–H groups in total. The van der Waals surface area contributed by atoms with Gasteiger partial charge in [0.25, 0.3) is 11.8 Å². The second-order valence-electron chi connectivity index (χ2n) is 5.63. The van der Waals surface area contributed by atoms with Gasteiger partial charge in [0.2, 0.25) is 0 Å². The highest BCUT2D eigenvalue weighted by atomic mass is 79.9. The van der Waals surface area contributed by atoms with Gasteiger partial charge >= 0.3 is 6.03 Å². The third-order valence-electron chi connectivity index (χ3n) is 3.84. The van der Waals surface area contributed by atoms with Crippen molar-refractivity contribution in [2.75, 3.05) is 5.32 Å². The Morgan fingerprint density at radius 3 is 2.62 bits per heavy atom. The molecule has 1 unspecified atom stereocenters. The Morgan fingerprint density at radius 1 is 1.29 bits per heavy atom. The van der Waals surface area contributed by atoms with Crippen LogP contribution in [0.1, 0.15) is 28.6 Å². The van der Waals surface area contributed by atoms with E-state index in [0.29, 0.717) is 21.5 Å². The number of rotatable bonds is 3. The molecular formula is C16H14BrN3O4. The molecule has 3 rings (SSSR count). The summed E-state index contributed by atoms with van der Waals surface area (Å²) >= 11 is 3.18. The summed E-state index contributed by atoms with van der Waals surface area (Å²) in [5.74, 6) is -0.646. The van der Waals surface area contributed by atoms with E-state index in [1.807, 2.05) is 0 Å². The van der Waals surface area contributed by atoms with Gasteiger partial charge in [0.05, 0.1) is 0 Å². The number of carbonyl (C=O) groups is 3. The summed E-state index contributed by atoms with van der Waals surface area (Å²) in [6.45, 7) is 3.36. The lowest BCUT2D eigenvalue weighted by molar-refractivity contribution is -0.123. The monoisotopic (exact) mass is 391 g/mol. The summed E-state index contributed by atoms with van der Waals surface area (Å²) in [5.41, 5.74) is 0.562. The van der Waals surface area contributed by atoms with Gasteiger partial charge in [0, 0.05) is 11.3 Å². The van der Waals surface area contributed by atoms with Crippen molar-refractivity contribution in [1.82, 2.24) is 10.6 Å². The first-order chi connectivity index (χ1) is 11.3. The van der Waals surface area contributed by atoms with E-state index in [1.165, 1.54) is 0 Å². The predicted molar refractivity (Wildman–Crippen MR) is 89.6 cm³/mol. The molecule has 0 bridgehead atoms. The molecule has 1 aromatic heterocycles. The summed E-state index contributed by atoms with van der Waals surface area (Å²) in [7, 11) is 0. The molecule has 7 nitrogen and oxygen atoms in total. The molecule has 1 fully saturated rings. The Bertz CT molecular complexity index is 861. The molecule has 1 aliphatic heterocycles. The van der Waals surface area contributed by atoms with Crippen LogP contribution < -0.4 is 16.0 Å². The zero-order chi connectivity index (χ0) is 17.5. The van der Waals surface area contributed by atoms with E-state index in [2.05, 4.69) is 31.9 Å². The van der Waals surface area contributed by atoms with E-state index in [9.17, 15) is 14.4 Å². The SMILES string of the molecule is Cc1cc(Br)oc1C(=O)Nc1cccc(C2(C)NC(=O)NC2=O)c1. The Kier molecular flexibility index (Phi) is 3.92. The van der Waals surface area contributed by atoms with E-state index in [-0.39, 0.29) is 5.76 Å². The second kappa shape index (κ2) is 5.79. The summed E-state index contributed by atoms with van der Waals surface area (Å²) in [6, 6.07) is 7.87. The van der Waals surface area contributed by atoms with E-state index in [4.69, 9.17) is 4.42 Å². The highest BCUT2D eigenvalue weighted by Crippen LogP contribution is 2.27. The van der Waals surface area contributed by atoms with Gasteiger partial charge in [-0.15, -0.1) is 0 Å². The minimum Gasteiger partial charge on any atom is -0.444 e. The smallest absolute Gasteiger partial charge is 0.322 e. The van der Waals surface area contributed by atoms with Gasteiger partial charge in [-0.2, -0.15) is 0 Å². The molecule has 0 saturated carbocycles. The first kappa shape index (κ1) is 16.3. The summed E-state index contributed by atoms with van der Waals surface area (Å²) in [4.78, 5) is 35.7. The third-order valence-corrected chi connectivity index (χ3v) is 4.23. The number of hydrogen-bond acceptors (Lipinski definition) is 4. The molecule has 2 heterocycles. The van der Waals surface area contributed by atoms with Crippen LogP contribution in [0.4, 0.5) is 10.5 Å². The predicted octanol–water partition coefficient (Wildman–Crippen LogP) is 2.66. The fourth-order valence-electron chi connectivity index (χ4n) is 2.51. The van der Waals surface area contributed by atoms with Crippen molar-refractivity contribution >= 4 is 39.5 Å². The van der Waals surface area contributed by atoms with Gasteiger partial charge < -0.3 is 15.1 Å². The van der Waals surface area contributed by atoms with Crippen molar-refractivity contribution in [3.63, 3.8) is 0 Å². The minimum atomic E-state index is -1.18. The van der Waals surface area contributed by atoms with Crippen LogP contribution in [-0.4, -0.2) is 17.8 Å². The summed E-state index contributed by atoms with van der Waals surface area (Å²) < 4.78 is 5.78. The average molecular weight is 392 g/mol. The van der Waals surface area contributed by atoms with Crippen LogP contribution in [0.25, 0.3) is 0 Å². The van der Waals surface area contributed by atoms with Crippen LogP contribution in [0.15, 0.2) is 39.4 Å². The minimum absolute atomic E-state index is 0.199. The van der Waals surface area contributed by atoms with E-state index >= 15 is 0 Å². The molecule has 0 spiro atoms. The molecule has 24 heavy (non-hydrogen) atoms. The summed E-state index contributed by atoms with van der Waals surface area (Å²) in [6.07, 6.45) is 0. The number of urea groups is 1. The Balaban J connectivity index is 1.86. The van der Waals surface area contributed by atoms with E-state index in [0.717, 1.165) is 0 Å². The Hall–Kier alpha value is -2.61. The maximum Gasteiger partial charge on any atom is 0.322 e. The first-order valence-corrected chi connectivity index (χ1v) is 7.90. The molecule has 2 aromatic rings. The zero-order valence-electron chi connectivity index (χ0n) is 12.9. The Morgan fingerprint density at radius 2 is 2.04 bits per heavy atom. The van der Waals surface area contributed by atoms with Crippen LogP contribution in [0.3, 0.4) is 0 Å². The van der Waals surface area contributed by atoms with Crippen molar-refractivity contribution in [1.29, 1.82) is 0 Å². The number of anilines is 1. The van der Waals surface area contributed by atoms with Gasteiger partial charge in [-0.1, -0.05) is 12.1 Å². The van der Waals surface area contributed by atoms with Crippen molar-refractivity contribution < 1.29 is 18.8 Å². The molecule has 8 heteroatoms. The normalized spacial score (nSPS) is 19.8. The topological polar surface area (TPSA) is 100 Å². The van der Waals surface area contributed by atoms with Crippen molar-refractivity contribution in [3.8, 4) is 0 Å². The zero-order valence-corrected chi connectivity index (χ0v) is 14.5. The van der Waals surface area contributed by atoms with Gasteiger partial charge in [0.15, 0.2) is 10.4 Å². The number of benzene rings is 1. The van der Waals surface area contributed by atoms with Gasteiger partial charge in [-0.3, -0.25) is 14.9 Å². The number of aryl methyl sites for hydroxylation is 1. The van der Waals surface area contributed by atoms with Gasteiger partial charge in [-0.25, -0.2) is 4.79 Å². The maximum atomic E-state index is 12.3. The number of amides is 4. The van der Waals surface area contributed by atoms with Crippen LogP contribution in [0.2, 0.25) is 0 Å². The van der Waals surface area contributed by atoms with E-state index in [1.54, 1.807) is 44.2 Å². The molecule has 1 aliphatic rings. The molecular weight excluding hydrogens is 378 g/mol. The van der Waals surface area contributed by atoms with Gasteiger partial charge in [0.1, 0.15) is 5.54 Å². The Labute approximate surface area is 145 Å².